The van der Waals surface area contributed by atoms with Crippen molar-refractivity contribution in [3.8, 4) is 16.5 Å². The number of pyridine rings is 2. The van der Waals surface area contributed by atoms with Crippen LogP contribution in [0, 0.1) is 0 Å². The molecule has 42 heavy (non-hydrogen) atoms. The lowest BCUT2D eigenvalue weighted by molar-refractivity contribution is -0.274. The smallest absolute Gasteiger partial charge is 0.406 e. The van der Waals surface area contributed by atoms with Crippen molar-refractivity contribution in [3.63, 3.8) is 0 Å². The van der Waals surface area contributed by atoms with Crippen LogP contribution in [0.15, 0.2) is 67.1 Å². The summed E-state index contributed by atoms with van der Waals surface area (Å²) in [5.74, 6) is -1.60. The standard InChI is InChI=1S/C28H25F6N5O2S/c1-3-39(15-18-9-12-35-13-10-18)16-20-7-5-11-36-22(20)26-38-24(27(29,30)31)23(42-26)25(40)37-17(2)19-6-4-8-21(14-19)41-28(32,33)34/h4-14,17H,3,15-16H2,1-2H3,(H,37,40). The summed E-state index contributed by atoms with van der Waals surface area (Å²) < 4.78 is 83.8. The van der Waals surface area contributed by atoms with Crippen molar-refractivity contribution >= 4 is 17.2 Å². The first-order chi connectivity index (χ1) is 19.8. The van der Waals surface area contributed by atoms with Crippen molar-refractivity contribution in [3.05, 3.63) is 94.4 Å². The molecule has 1 amide bonds. The van der Waals surface area contributed by atoms with Gasteiger partial charge in [0, 0.05) is 31.7 Å². The fourth-order valence-electron chi connectivity index (χ4n) is 4.12. The summed E-state index contributed by atoms with van der Waals surface area (Å²) in [5, 5.41) is 2.34. The van der Waals surface area contributed by atoms with Crippen molar-refractivity contribution in [2.75, 3.05) is 6.54 Å². The fraction of sp³-hybridized carbons (Fsp3) is 0.286. The van der Waals surface area contributed by atoms with Crippen LogP contribution in [0.4, 0.5) is 26.3 Å². The molecule has 3 heterocycles. The summed E-state index contributed by atoms with van der Waals surface area (Å²) in [6.07, 6.45) is -5.09. The Bertz CT molecular complexity index is 1510. The molecular formula is C28H25F6N5O2S. The number of carbonyl (C=O) groups excluding carboxylic acids is 1. The third-order valence-corrected chi connectivity index (χ3v) is 7.19. The Labute approximate surface area is 241 Å². The number of nitrogens with zero attached hydrogens (tertiary/aromatic N) is 4. The number of hydrogen-bond donors (Lipinski definition) is 1. The average molecular weight is 610 g/mol. The Hall–Kier alpha value is -4.04. The molecule has 1 unspecified atom stereocenters. The quantitative estimate of drug-likeness (QED) is 0.195. The predicted octanol–water partition coefficient (Wildman–Crippen LogP) is 7.03. The minimum Gasteiger partial charge on any atom is -0.406 e. The number of rotatable bonds is 10. The molecule has 7 nitrogen and oxygen atoms in total. The van der Waals surface area contributed by atoms with Gasteiger partial charge in [-0.05, 0) is 60.5 Å². The number of nitrogens with one attached hydrogen (secondary N) is 1. The summed E-state index contributed by atoms with van der Waals surface area (Å²) in [7, 11) is 0. The number of ether oxygens (including phenoxy) is 1. The summed E-state index contributed by atoms with van der Waals surface area (Å²) in [6.45, 7) is 4.95. The second-order valence-corrected chi connectivity index (χ2v) is 10.2. The number of amides is 1. The molecular weight excluding hydrogens is 584 g/mol. The molecule has 0 aliphatic carbocycles. The number of benzene rings is 1. The van der Waals surface area contributed by atoms with Crippen molar-refractivity contribution in [2.24, 2.45) is 0 Å². The lowest BCUT2D eigenvalue weighted by Crippen LogP contribution is -2.28. The van der Waals surface area contributed by atoms with Crippen LogP contribution in [0.2, 0.25) is 0 Å². The number of aromatic nitrogens is 3. The predicted molar refractivity (Wildman–Crippen MR) is 143 cm³/mol. The molecule has 1 aromatic carbocycles. The number of halogens is 6. The van der Waals surface area contributed by atoms with E-state index in [0.717, 1.165) is 17.7 Å². The van der Waals surface area contributed by atoms with Gasteiger partial charge in [0.15, 0.2) is 5.69 Å². The molecule has 0 fully saturated rings. The SMILES string of the molecule is CCN(Cc1ccncc1)Cc1cccnc1-c1nc(C(F)(F)F)c(C(=O)NC(C)c2cccc(OC(F)(F)F)c2)s1. The zero-order chi connectivity index (χ0) is 30.5. The zero-order valence-electron chi connectivity index (χ0n) is 22.3. The van der Waals surface area contributed by atoms with Crippen LogP contribution in [-0.2, 0) is 19.3 Å². The zero-order valence-corrected chi connectivity index (χ0v) is 23.1. The first-order valence-electron chi connectivity index (χ1n) is 12.6. The van der Waals surface area contributed by atoms with Gasteiger partial charge in [0.25, 0.3) is 5.91 Å². The minimum absolute atomic E-state index is 0.0868. The van der Waals surface area contributed by atoms with Gasteiger partial charge in [-0.3, -0.25) is 19.7 Å². The first-order valence-corrected chi connectivity index (χ1v) is 13.5. The first kappa shape index (κ1) is 30.9. The summed E-state index contributed by atoms with van der Waals surface area (Å²) >= 11 is 0.543. The van der Waals surface area contributed by atoms with Crippen molar-refractivity contribution < 1.29 is 35.9 Å². The molecule has 1 atom stereocenters. The highest BCUT2D eigenvalue weighted by atomic mass is 32.1. The molecule has 0 aliphatic rings. The molecule has 0 saturated heterocycles. The van der Waals surface area contributed by atoms with Crippen LogP contribution in [0.25, 0.3) is 10.7 Å². The monoisotopic (exact) mass is 609 g/mol. The summed E-state index contributed by atoms with van der Waals surface area (Å²) in [5.41, 5.74) is 0.670. The van der Waals surface area contributed by atoms with Gasteiger partial charge in [0.1, 0.15) is 21.3 Å². The van der Waals surface area contributed by atoms with Crippen molar-refractivity contribution in [1.29, 1.82) is 0 Å². The summed E-state index contributed by atoms with van der Waals surface area (Å²) in [4.78, 5) is 26.5. The van der Waals surface area contributed by atoms with E-state index in [0.29, 0.717) is 36.5 Å². The molecule has 0 saturated carbocycles. The molecule has 222 valence electrons. The molecule has 0 radical (unpaired) electrons. The number of alkyl halides is 6. The largest absolute Gasteiger partial charge is 0.573 e. The van der Waals surface area contributed by atoms with E-state index in [9.17, 15) is 31.1 Å². The van der Waals surface area contributed by atoms with Gasteiger partial charge in [-0.2, -0.15) is 13.2 Å². The second kappa shape index (κ2) is 12.9. The Morgan fingerprint density at radius 3 is 2.43 bits per heavy atom. The van der Waals surface area contributed by atoms with Gasteiger partial charge in [-0.25, -0.2) is 4.98 Å². The van der Waals surface area contributed by atoms with Crippen LogP contribution >= 0.6 is 11.3 Å². The van der Waals surface area contributed by atoms with Crippen LogP contribution < -0.4 is 10.1 Å². The minimum atomic E-state index is -4.95. The van der Waals surface area contributed by atoms with E-state index in [1.165, 1.54) is 25.3 Å². The Kier molecular flexibility index (Phi) is 9.46. The van der Waals surface area contributed by atoms with E-state index in [2.05, 4.69) is 29.9 Å². The highest BCUT2D eigenvalue weighted by Crippen LogP contribution is 2.38. The number of carbonyl (C=O) groups is 1. The second-order valence-electron chi connectivity index (χ2n) is 9.18. The molecule has 3 aromatic heterocycles. The van der Waals surface area contributed by atoms with Gasteiger partial charge in [-0.1, -0.05) is 25.1 Å². The number of thiazole rings is 1. The van der Waals surface area contributed by atoms with Gasteiger partial charge in [-0.15, -0.1) is 24.5 Å². The van der Waals surface area contributed by atoms with Crippen molar-refractivity contribution in [1.82, 2.24) is 25.2 Å². The van der Waals surface area contributed by atoms with E-state index in [4.69, 9.17) is 0 Å². The highest BCUT2D eigenvalue weighted by Gasteiger charge is 2.40. The lowest BCUT2D eigenvalue weighted by Gasteiger charge is -2.21. The highest BCUT2D eigenvalue weighted by molar-refractivity contribution is 7.17. The van der Waals surface area contributed by atoms with Gasteiger partial charge >= 0.3 is 12.5 Å². The molecule has 4 rings (SSSR count). The van der Waals surface area contributed by atoms with E-state index < -0.39 is 40.8 Å². The van der Waals surface area contributed by atoms with Crippen molar-refractivity contribution in [2.45, 2.75) is 45.5 Å². The maximum atomic E-state index is 14.0. The molecule has 14 heteroatoms. The summed E-state index contributed by atoms with van der Waals surface area (Å²) in [6, 6.07) is 11.0. The van der Waals surface area contributed by atoms with E-state index >= 15 is 0 Å². The Morgan fingerprint density at radius 1 is 1.02 bits per heavy atom. The molecule has 0 spiro atoms. The third kappa shape index (κ3) is 8.03. The normalized spacial score (nSPS) is 12.8. The van der Waals surface area contributed by atoms with Crippen LogP contribution in [-0.4, -0.2) is 38.7 Å². The molecule has 4 aromatic rings. The van der Waals surface area contributed by atoms with Crippen LogP contribution in [0.3, 0.4) is 0 Å². The molecule has 0 bridgehead atoms. The van der Waals surface area contributed by atoms with E-state index in [-0.39, 0.29) is 16.3 Å². The molecule has 1 N–H and O–H groups in total. The van der Waals surface area contributed by atoms with Gasteiger partial charge < -0.3 is 10.1 Å². The van der Waals surface area contributed by atoms with Gasteiger partial charge in [0.2, 0.25) is 0 Å². The topological polar surface area (TPSA) is 80.2 Å². The third-order valence-electron chi connectivity index (χ3n) is 6.13. The Balaban J connectivity index is 1.60. The number of hydrogen-bond acceptors (Lipinski definition) is 7. The van der Waals surface area contributed by atoms with Gasteiger partial charge in [0.05, 0.1) is 6.04 Å². The fourth-order valence-corrected chi connectivity index (χ4v) is 5.14. The van der Waals surface area contributed by atoms with Crippen LogP contribution in [0.1, 0.15) is 51.9 Å². The average Bonchev–Trinajstić information content (AvgIpc) is 3.39. The maximum Gasteiger partial charge on any atom is 0.573 e. The Morgan fingerprint density at radius 2 is 1.76 bits per heavy atom. The molecule has 0 aliphatic heterocycles. The maximum absolute atomic E-state index is 14.0. The van der Waals surface area contributed by atoms with E-state index in [1.54, 1.807) is 24.5 Å². The van der Waals surface area contributed by atoms with E-state index in [1.807, 2.05) is 19.1 Å². The van der Waals surface area contributed by atoms with Crippen LogP contribution in [0.5, 0.6) is 5.75 Å². The lowest BCUT2D eigenvalue weighted by atomic mass is 10.1.